The minimum Gasteiger partial charge on any atom is -0.451 e. The molecular weight excluding hydrogens is 383 g/mol. The van der Waals surface area contributed by atoms with Crippen molar-refractivity contribution in [2.24, 2.45) is 0 Å². The van der Waals surface area contributed by atoms with Crippen molar-refractivity contribution in [1.82, 2.24) is 0 Å². The van der Waals surface area contributed by atoms with Crippen LogP contribution < -0.4 is 0 Å². The smallest absolute Gasteiger partial charge is 0.331 e. The fraction of sp³-hybridized carbons (Fsp3) is 0.273. The summed E-state index contributed by atoms with van der Waals surface area (Å²) >= 11 is 11.8. The Morgan fingerprint density at radius 2 is 1.63 bits per heavy atom. The van der Waals surface area contributed by atoms with Gasteiger partial charge in [0.05, 0.1) is 10.0 Å². The van der Waals surface area contributed by atoms with Gasteiger partial charge in [0.2, 0.25) is 5.78 Å². The Morgan fingerprint density at radius 3 is 2.19 bits per heavy atom. The summed E-state index contributed by atoms with van der Waals surface area (Å²) in [5.74, 6) is -0.847. The minimum absolute atomic E-state index is 0.00895. The maximum absolute atomic E-state index is 12.5. The highest BCUT2D eigenvalue weighted by molar-refractivity contribution is 6.42. The third-order valence-electron chi connectivity index (χ3n) is 4.05. The lowest BCUT2D eigenvalue weighted by Gasteiger charge is -2.19. The Morgan fingerprint density at radius 1 is 1.00 bits per heavy atom. The Labute approximate surface area is 169 Å². The Kier molecular flexibility index (Phi) is 6.85. The van der Waals surface area contributed by atoms with Crippen LogP contribution in [0.3, 0.4) is 0 Å². The summed E-state index contributed by atoms with van der Waals surface area (Å²) in [5, 5.41) is 0.836. The monoisotopic (exact) mass is 404 g/mol. The van der Waals surface area contributed by atoms with E-state index in [1.807, 2.05) is 12.1 Å². The molecule has 0 aliphatic heterocycles. The predicted octanol–water partition coefficient (Wildman–Crippen LogP) is 6.12. The van der Waals surface area contributed by atoms with E-state index in [0.29, 0.717) is 21.2 Å². The second kappa shape index (κ2) is 8.73. The fourth-order valence-electron chi connectivity index (χ4n) is 2.42. The number of ketones is 1. The summed E-state index contributed by atoms with van der Waals surface area (Å²) in [6.45, 7) is 7.88. The highest BCUT2D eigenvalue weighted by Gasteiger charge is 2.20. The molecule has 0 unspecified atom stereocenters. The van der Waals surface area contributed by atoms with Crippen molar-refractivity contribution < 1.29 is 14.3 Å². The molecule has 0 aromatic heterocycles. The largest absolute Gasteiger partial charge is 0.451 e. The first-order valence-electron chi connectivity index (χ1n) is 8.56. The summed E-state index contributed by atoms with van der Waals surface area (Å²) in [6, 6.07) is 12.4. The van der Waals surface area contributed by atoms with Crippen LogP contribution in [-0.4, -0.2) is 17.9 Å². The van der Waals surface area contributed by atoms with Gasteiger partial charge in [-0.1, -0.05) is 74.3 Å². The van der Waals surface area contributed by atoms with Crippen LogP contribution in [0.25, 0.3) is 6.08 Å². The highest BCUT2D eigenvalue weighted by Crippen LogP contribution is 2.24. The van der Waals surface area contributed by atoms with E-state index >= 15 is 0 Å². The summed E-state index contributed by atoms with van der Waals surface area (Å²) < 4.78 is 5.21. The number of rotatable bonds is 5. The Balaban J connectivity index is 1.99. The van der Waals surface area contributed by atoms with Crippen molar-refractivity contribution in [2.75, 3.05) is 0 Å². The van der Waals surface area contributed by atoms with Crippen LogP contribution in [0.4, 0.5) is 0 Å². The molecule has 142 valence electrons. The molecule has 0 N–H and O–H groups in total. The van der Waals surface area contributed by atoms with Gasteiger partial charge in [-0.3, -0.25) is 4.79 Å². The Hall–Kier alpha value is -2.10. The van der Waals surface area contributed by atoms with Gasteiger partial charge >= 0.3 is 5.97 Å². The van der Waals surface area contributed by atoms with Crippen molar-refractivity contribution >= 4 is 41.0 Å². The molecule has 0 fully saturated rings. The first-order valence-corrected chi connectivity index (χ1v) is 9.32. The van der Waals surface area contributed by atoms with Crippen molar-refractivity contribution in [2.45, 2.75) is 39.2 Å². The van der Waals surface area contributed by atoms with Crippen LogP contribution in [0.2, 0.25) is 10.0 Å². The van der Waals surface area contributed by atoms with Gasteiger partial charge in [0.25, 0.3) is 0 Å². The SMILES string of the molecule is C[C@@H](OC(=O)/C=C/c1ccc(Cl)c(Cl)c1)C(=O)c1ccc(C(C)(C)C)cc1. The average molecular weight is 405 g/mol. The lowest BCUT2D eigenvalue weighted by atomic mass is 9.86. The summed E-state index contributed by atoms with van der Waals surface area (Å²) in [5.41, 5.74) is 2.36. The van der Waals surface area contributed by atoms with Crippen molar-refractivity contribution in [3.63, 3.8) is 0 Å². The minimum atomic E-state index is -0.878. The number of benzene rings is 2. The molecule has 2 aromatic rings. The van der Waals surface area contributed by atoms with Gasteiger partial charge in [0, 0.05) is 11.6 Å². The van der Waals surface area contributed by atoms with E-state index in [1.54, 1.807) is 43.3 Å². The molecule has 0 saturated heterocycles. The molecule has 5 heteroatoms. The first kappa shape index (κ1) is 21.2. The number of hydrogen-bond acceptors (Lipinski definition) is 3. The van der Waals surface area contributed by atoms with Gasteiger partial charge in [-0.05, 0) is 41.7 Å². The zero-order valence-corrected chi connectivity index (χ0v) is 17.3. The van der Waals surface area contributed by atoms with Gasteiger partial charge in [-0.15, -0.1) is 0 Å². The number of Topliss-reactive ketones (excluding diaryl/α,β-unsaturated/α-hetero) is 1. The second-order valence-corrected chi connectivity index (χ2v) is 8.09. The van der Waals surface area contributed by atoms with E-state index in [2.05, 4.69) is 20.8 Å². The quantitative estimate of drug-likeness (QED) is 0.342. The van der Waals surface area contributed by atoms with E-state index in [0.717, 1.165) is 5.56 Å². The van der Waals surface area contributed by atoms with E-state index in [4.69, 9.17) is 27.9 Å². The Bertz CT molecular complexity index is 862. The van der Waals surface area contributed by atoms with Crippen LogP contribution in [0.15, 0.2) is 48.5 Å². The summed E-state index contributed by atoms with van der Waals surface area (Å²) in [6.07, 6.45) is 1.93. The zero-order chi connectivity index (χ0) is 20.2. The molecule has 0 aliphatic rings. The second-order valence-electron chi connectivity index (χ2n) is 7.28. The number of esters is 1. The zero-order valence-electron chi connectivity index (χ0n) is 15.8. The van der Waals surface area contributed by atoms with E-state index in [9.17, 15) is 9.59 Å². The third-order valence-corrected chi connectivity index (χ3v) is 4.79. The molecule has 0 saturated carbocycles. The van der Waals surface area contributed by atoms with Crippen LogP contribution in [-0.2, 0) is 14.9 Å². The molecule has 0 spiro atoms. The number of halogens is 2. The maximum atomic E-state index is 12.5. The molecule has 1 atom stereocenters. The molecule has 0 amide bonds. The third kappa shape index (κ3) is 5.95. The van der Waals surface area contributed by atoms with Gasteiger partial charge < -0.3 is 4.74 Å². The number of carbonyl (C=O) groups is 2. The molecule has 2 rings (SSSR count). The summed E-state index contributed by atoms with van der Waals surface area (Å²) in [4.78, 5) is 24.4. The van der Waals surface area contributed by atoms with Crippen LogP contribution in [0, 0.1) is 0 Å². The van der Waals surface area contributed by atoms with Crippen LogP contribution in [0.5, 0.6) is 0 Å². The van der Waals surface area contributed by atoms with Gasteiger partial charge in [0.15, 0.2) is 6.10 Å². The maximum Gasteiger partial charge on any atom is 0.331 e. The van der Waals surface area contributed by atoms with E-state index in [1.165, 1.54) is 6.08 Å². The normalized spacial score (nSPS) is 12.8. The lowest BCUT2D eigenvalue weighted by Crippen LogP contribution is -2.23. The lowest BCUT2D eigenvalue weighted by molar-refractivity contribution is -0.140. The molecule has 3 nitrogen and oxygen atoms in total. The van der Waals surface area contributed by atoms with Crippen molar-refractivity contribution in [3.8, 4) is 0 Å². The molecule has 27 heavy (non-hydrogen) atoms. The van der Waals surface area contributed by atoms with E-state index < -0.39 is 12.1 Å². The van der Waals surface area contributed by atoms with E-state index in [-0.39, 0.29) is 11.2 Å². The van der Waals surface area contributed by atoms with Crippen molar-refractivity contribution in [1.29, 1.82) is 0 Å². The van der Waals surface area contributed by atoms with Crippen LogP contribution >= 0.6 is 23.2 Å². The number of hydrogen-bond donors (Lipinski definition) is 0. The van der Waals surface area contributed by atoms with Crippen LogP contribution in [0.1, 0.15) is 49.2 Å². The van der Waals surface area contributed by atoms with Gasteiger partial charge in [-0.25, -0.2) is 4.79 Å². The topological polar surface area (TPSA) is 43.4 Å². The molecule has 0 aliphatic carbocycles. The van der Waals surface area contributed by atoms with Gasteiger partial charge in [-0.2, -0.15) is 0 Å². The van der Waals surface area contributed by atoms with Gasteiger partial charge in [0.1, 0.15) is 0 Å². The molecule has 0 heterocycles. The molecular formula is C22H22Cl2O3. The average Bonchev–Trinajstić information content (AvgIpc) is 2.61. The van der Waals surface area contributed by atoms with Crippen molar-refractivity contribution in [3.05, 3.63) is 75.3 Å². The first-order chi connectivity index (χ1) is 12.6. The highest BCUT2D eigenvalue weighted by atomic mass is 35.5. The molecule has 0 bridgehead atoms. The molecule has 0 radical (unpaired) electrons. The number of carbonyl (C=O) groups excluding carboxylic acids is 2. The number of ether oxygens (including phenoxy) is 1. The summed E-state index contributed by atoms with van der Waals surface area (Å²) in [7, 11) is 0. The standard InChI is InChI=1S/C22H22Cl2O3/c1-14(21(26)16-7-9-17(10-8-16)22(2,3)4)27-20(25)12-6-15-5-11-18(23)19(24)13-15/h5-14H,1-4H3/b12-6+/t14-/m1/s1. The fourth-order valence-corrected chi connectivity index (χ4v) is 2.72. The molecule has 2 aromatic carbocycles. The predicted molar refractivity (Wildman–Crippen MR) is 111 cm³/mol.